The van der Waals surface area contributed by atoms with Gasteiger partial charge in [0.05, 0.1) is 6.10 Å². The number of nitrogens with zero attached hydrogens (tertiary/aromatic N) is 1. The number of aliphatic hydroxyl groups excluding tert-OH is 1. The van der Waals surface area contributed by atoms with Crippen LogP contribution in [0, 0.1) is 5.92 Å². The van der Waals surface area contributed by atoms with E-state index >= 15 is 0 Å². The van der Waals surface area contributed by atoms with Crippen LogP contribution in [0.15, 0.2) is 29.2 Å². The molecule has 0 aliphatic heterocycles. The first kappa shape index (κ1) is 16.4. The van der Waals surface area contributed by atoms with Crippen LogP contribution in [0.1, 0.15) is 38.2 Å². The second-order valence-electron chi connectivity index (χ2n) is 5.72. The number of carbonyl (C=O) groups is 1. The lowest BCUT2D eigenvalue weighted by Crippen LogP contribution is -2.38. The minimum atomic E-state index is -0.299. The van der Waals surface area contributed by atoms with Gasteiger partial charge in [0, 0.05) is 23.9 Å². The van der Waals surface area contributed by atoms with Crippen LogP contribution in [0.5, 0.6) is 0 Å². The van der Waals surface area contributed by atoms with Crippen LogP contribution in [0.3, 0.4) is 0 Å². The van der Waals surface area contributed by atoms with Gasteiger partial charge in [-0.25, -0.2) is 0 Å². The Kier molecular flexibility index (Phi) is 6.12. The van der Waals surface area contributed by atoms with Crippen molar-refractivity contribution in [3.8, 4) is 0 Å². The van der Waals surface area contributed by atoms with E-state index in [1.807, 2.05) is 11.8 Å². The van der Waals surface area contributed by atoms with Gasteiger partial charge in [0.1, 0.15) is 0 Å². The first-order valence-corrected chi connectivity index (χ1v) is 8.96. The van der Waals surface area contributed by atoms with Crippen LogP contribution >= 0.6 is 11.8 Å². The molecule has 2 rings (SSSR count). The van der Waals surface area contributed by atoms with Crippen molar-refractivity contribution in [1.82, 2.24) is 4.90 Å². The fourth-order valence-electron chi connectivity index (χ4n) is 2.94. The third-order valence-electron chi connectivity index (χ3n) is 4.22. The number of carbonyl (C=O) groups excluding carboxylic acids is 1. The third-order valence-corrected chi connectivity index (χ3v) is 4.97. The molecule has 116 valence electrons. The standard InChI is InChI=1S/C17H25NO2S/c1-3-18(12-13-7-9-16(21-2)10-8-13)17(20)14-5-4-6-15(19)11-14/h7-10,14-15,19H,3-6,11-12H2,1-2H3/t14-,15-/m1/s1. The van der Waals surface area contributed by atoms with Crippen LogP contribution in [-0.4, -0.2) is 34.8 Å². The van der Waals surface area contributed by atoms with Crippen molar-refractivity contribution in [3.05, 3.63) is 29.8 Å². The second kappa shape index (κ2) is 7.85. The van der Waals surface area contributed by atoms with Crippen molar-refractivity contribution in [2.24, 2.45) is 5.92 Å². The van der Waals surface area contributed by atoms with Gasteiger partial charge in [-0.3, -0.25) is 4.79 Å². The smallest absolute Gasteiger partial charge is 0.226 e. The quantitative estimate of drug-likeness (QED) is 0.849. The highest BCUT2D eigenvalue weighted by Gasteiger charge is 2.28. The number of hydrogen-bond donors (Lipinski definition) is 1. The summed E-state index contributed by atoms with van der Waals surface area (Å²) >= 11 is 1.72. The Labute approximate surface area is 131 Å². The molecule has 1 aromatic carbocycles. The molecule has 2 atom stereocenters. The van der Waals surface area contributed by atoms with E-state index in [2.05, 4.69) is 30.5 Å². The maximum Gasteiger partial charge on any atom is 0.226 e. The number of benzene rings is 1. The fraction of sp³-hybridized carbons (Fsp3) is 0.588. The summed E-state index contributed by atoms with van der Waals surface area (Å²) in [6.45, 7) is 3.40. The van der Waals surface area contributed by atoms with Crippen LogP contribution in [0.4, 0.5) is 0 Å². The summed E-state index contributed by atoms with van der Waals surface area (Å²) in [6.07, 6.45) is 5.10. The van der Waals surface area contributed by atoms with Gasteiger partial charge >= 0.3 is 0 Å². The zero-order valence-corrected chi connectivity index (χ0v) is 13.7. The van der Waals surface area contributed by atoms with Gasteiger partial charge in [-0.2, -0.15) is 0 Å². The number of rotatable bonds is 5. The highest BCUT2D eigenvalue weighted by Crippen LogP contribution is 2.26. The van der Waals surface area contributed by atoms with Gasteiger partial charge in [0.15, 0.2) is 0 Å². The predicted molar refractivity (Wildman–Crippen MR) is 87.3 cm³/mol. The van der Waals surface area contributed by atoms with E-state index in [0.717, 1.165) is 25.8 Å². The zero-order valence-electron chi connectivity index (χ0n) is 12.9. The van der Waals surface area contributed by atoms with Crippen molar-refractivity contribution >= 4 is 17.7 Å². The number of aliphatic hydroxyl groups is 1. The highest BCUT2D eigenvalue weighted by molar-refractivity contribution is 7.98. The first-order chi connectivity index (χ1) is 10.1. The van der Waals surface area contributed by atoms with E-state index in [-0.39, 0.29) is 17.9 Å². The van der Waals surface area contributed by atoms with Gasteiger partial charge in [0.2, 0.25) is 5.91 Å². The molecule has 0 aromatic heterocycles. The molecule has 1 aliphatic carbocycles. The first-order valence-electron chi connectivity index (χ1n) is 7.73. The van der Waals surface area contributed by atoms with Crippen LogP contribution in [0.25, 0.3) is 0 Å². The van der Waals surface area contributed by atoms with E-state index in [0.29, 0.717) is 13.0 Å². The van der Waals surface area contributed by atoms with Gasteiger partial charge in [-0.1, -0.05) is 18.6 Å². The van der Waals surface area contributed by atoms with E-state index in [1.54, 1.807) is 11.8 Å². The fourth-order valence-corrected chi connectivity index (χ4v) is 3.35. The maximum atomic E-state index is 12.6. The monoisotopic (exact) mass is 307 g/mol. The van der Waals surface area contributed by atoms with Crippen molar-refractivity contribution in [2.45, 2.75) is 50.2 Å². The summed E-state index contributed by atoms with van der Waals surface area (Å²) in [4.78, 5) is 15.8. The Morgan fingerprint density at radius 1 is 1.33 bits per heavy atom. The highest BCUT2D eigenvalue weighted by atomic mass is 32.2. The molecule has 1 amide bonds. The predicted octanol–water partition coefficient (Wildman–Crippen LogP) is 3.31. The van der Waals surface area contributed by atoms with Gasteiger partial charge in [-0.05, 0) is 50.1 Å². The van der Waals surface area contributed by atoms with Crippen LogP contribution in [-0.2, 0) is 11.3 Å². The molecule has 1 aliphatic rings. The van der Waals surface area contributed by atoms with Gasteiger partial charge in [-0.15, -0.1) is 11.8 Å². The molecule has 0 heterocycles. The zero-order chi connectivity index (χ0) is 15.2. The lowest BCUT2D eigenvalue weighted by Gasteiger charge is -2.30. The average Bonchev–Trinajstić information content (AvgIpc) is 2.52. The second-order valence-corrected chi connectivity index (χ2v) is 6.60. The minimum absolute atomic E-state index is 0.000768. The van der Waals surface area contributed by atoms with Gasteiger partial charge < -0.3 is 10.0 Å². The molecule has 21 heavy (non-hydrogen) atoms. The molecular formula is C17H25NO2S. The molecule has 0 unspecified atom stereocenters. The maximum absolute atomic E-state index is 12.6. The molecule has 3 nitrogen and oxygen atoms in total. The van der Waals surface area contributed by atoms with E-state index in [4.69, 9.17) is 0 Å². The molecule has 1 N–H and O–H groups in total. The summed E-state index contributed by atoms with van der Waals surface area (Å²) < 4.78 is 0. The summed E-state index contributed by atoms with van der Waals surface area (Å²) in [5.41, 5.74) is 1.17. The molecule has 0 radical (unpaired) electrons. The molecule has 1 saturated carbocycles. The Hall–Kier alpha value is -1.00. The van der Waals surface area contributed by atoms with E-state index < -0.39 is 0 Å². The molecule has 0 spiro atoms. The minimum Gasteiger partial charge on any atom is -0.393 e. The Morgan fingerprint density at radius 2 is 2.05 bits per heavy atom. The molecule has 0 saturated heterocycles. The topological polar surface area (TPSA) is 40.5 Å². The molecule has 4 heteroatoms. The summed E-state index contributed by atoms with van der Waals surface area (Å²) in [5.74, 6) is 0.198. The lowest BCUT2D eigenvalue weighted by molar-refractivity contribution is -0.138. The van der Waals surface area contributed by atoms with Gasteiger partial charge in [0.25, 0.3) is 0 Å². The molecule has 0 bridgehead atoms. The Morgan fingerprint density at radius 3 is 2.62 bits per heavy atom. The molecule has 1 fully saturated rings. The van der Waals surface area contributed by atoms with Crippen LogP contribution in [0.2, 0.25) is 0 Å². The summed E-state index contributed by atoms with van der Waals surface area (Å²) in [6, 6.07) is 8.39. The Balaban J connectivity index is 1.99. The van der Waals surface area contributed by atoms with E-state index in [9.17, 15) is 9.90 Å². The van der Waals surface area contributed by atoms with Crippen molar-refractivity contribution in [3.63, 3.8) is 0 Å². The van der Waals surface area contributed by atoms with Crippen LogP contribution < -0.4 is 0 Å². The van der Waals surface area contributed by atoms with Crippen molar-refractivity contribution in [2.75, 3.05) is 12.8 Å². The summed E-state index contributed by atoms with van der Waals surface area (Å²) in [5, 5.41) is 9.76. The van der Waals surface area contributed by atoms with E-state index in [1.165, 1.54) is 10.5 Å². The van der Waals surface area contributed by atoms with Crippen molar-refractivity contribution in [1.29, 1.82) is 0 Å². The third kappa shape index (κ3) is 4.48. The largest absolute Gasteiger partial charge is 0.393 e. The number of thioether (sulfide) groups is 1. The number of amides is 1. The summed E-state index contributed by atoms with van der Waals surface area (Å²) in [7, 11) is 0. The average molecular weight is 307 g/mol. The SMILES string of the molecule is CCN(Cc1ccc(SC)cc1)C(=O)[C@@H]1CCC[C@@H](O)C1. The number of hydrogen-bond acceptors (Lipinski definition) is 3. The van der Waals surface area contributed by atoms with Crippen molar-refractivity contribution < 1.29 is 9.90 Å². The molecule has 1 aromatic rings. The molecular weight excluding hydrogens is 282 g/mol. The Bertz CT molecular complexity index is 460. The normalized spacial score (nSPS) is 22.0. The lowest BCUT2D eigenvalue weighted by atomic mass is 9.86.